The normalized spacial score (nSPS) is 21.3. The average Bonchev–Trinajstić information content (AvgIpc) is 3.26. The number of amides is 2. The summed E-state index contributed by atoms with van der Waals surface area (Å²) in [5.74, 6) is 2.13. The van der Waals surface area contributed by atoms with Gasteiger partial charge < -0.3 is 23.8 Å². The van der Waals surface area contributed by atoms with Gasteiger partial charge in [0.2, 0.25) is 34.8 Å². The highest BCUT2D eigenvalue weighted by atomic mass is 127. The number of phosphoric ester groups is 1. The molecule has 0 aromatic rings. The molecule has 1 rings (SSSR count). The van der Waals surface area contributed by atoms with Gasteiger partial charge in [-0.1, -0.05) is 19.0 Å². The van der Waals surface area contributed by atoms with Gasteiger partial charge in [0.15, 0.2) is 0 Å². The first-order chi connectivity index (χ1) is 16.4. The van der Waals surface area contributed by atoms with E-state index in [0.29, 0.717) is 18.4 Å². The van der Waals surface area contributed by atoms with Crippen molar-refractivity contribution in [3.05, 3.63) is 0 Å². The van der Waals surface area contributed by atoms with Crippen LogP contribution in [0.4, 0.5) is 0 Å². The van der Waals surface area contributed by atoms with Crippen LogP contribution in [-0.4, -0.2) is 71.4 Å². The first-order valence-corrected chi connectivity index (χ1v) is 15.2. The van der Waals surface area contributed by atoms with Crippen molar-refractivity contribution in [1.29, 1.82) is 0 Å². The summed E-state index contributed by atoms with van der Waals surface area (Å²) < 4.78 is 25.9. The number of nitrogens with one attached hydrogen (secondary N) is 2. The predicted octanol–water partition coefficient (Wildman–Crippen LogP) is 3.04. The van der Waals surface area contributed by atoms with Gasteiger partial charge in [-0.05, 0) is 44.8 Å². The number of thioether (sulfide) groups is 1. The lowest BCUT2D eigenvalue weighted by atomic mass is 9.87. The number of hydrogen-bond donors (Lipinski definition) is 4. The summed E-state index contributed by atoms with van der Waals surface area (Å²) in [4.78, 5) is 33.7. The minimum absolute atomic E-state index is 0.0104. The van der Waals surface area contributed by atoms with E-state index in [1.54, 1.807) is 29.9 Å². The van der Waals surface area contributed by atoms with Crippen LogP contribution in [0.5, 0.6) is 0 Å². The first kappa shape index (κ1) is 32.6. The second-order valence-corrected chi connectivity index (χ2v) is 12.2. The molecule has 14 heteroatoms. The summed E-state index contributed by atoms with van der Waals surface area (Å²) in [6.07, 6.45) is 2.02. The Morgan fingerprint density at radius 3 is 2.63 bits per heavy atom. The summed E-state index contributed by atoms with van der Waals surface area (Å²) >= 11 is 3.59. The number of oxime groups is 1. The van der Waals surface area contributed by atoms with Gasteiger partial charge in [-0.3, -0.25) is 18.6 Å². The Balaban J connectivity index is 2.18. The summed E-state index contributed by atoms with van der Waals surface area (Å²) in [6.45, 7) is 6.83. The summed E-state index contributed by atoms with van der Waals surface area (Å²) in [7, 11) is -4.23. The van der Waals surface area contributed by atoms with Crippen molar-refractivity contribution in [2.45, 2.75) is 59.5 Å². The largest absolute Gasteiger partial charge is 0.472 e. The molecule has 0 saturated heterocycles. The van der Waals surface area contributed by atoms with E-state index in [4.69, 9.17) is 7.69 Å². The van der Waals surface area contributed by atoms with E-state index in [1.807, 2.05) is 18.7 Å². The van der Waals surface area contributed by atoms with Crippen LogP contribution in [0.15, 0.2) is 5.16 Å². The minimum Gasteiger partial charge on any atom is -0.383 e. The van der Waals surface area contributed by atoms with E-state index in [1.165, 1.54) is 20.3 Å². The number of phosphoric acid groups is 1. The monoisotopic (exact) mass is 651 g/mol. The zero-order valence-electron chi connectivity index (χ0n) is 20.8. The van der Waals surface area contributed by atoms with Crippen molar-refractivity contribution < 1.29 is 36.4 Å². The van der Waals surface area contributed by atoms with Gasteiger partial charge in [-0.25, -0.2) is 4.57 Å². The fourth-order valence-electron chi connectivity index (χ4n) is 3.61. The third-order valence-corrected chi connectivity index (χ3v) is 8.20. The Hall–Kier alpha value is -0.440. The second kappa shape index (κ2) is 16.4. The maximum Gasteiger partial charge on any atom is 0.472 e. The van der Waals surface area contributed by atoms with E-state index < -0.39 is 25.2 Å². The molecule has 11 nitrogen and oxygen atoms in total. The van der Waals surface area contributed by atoms with Crippen LogP contribution >= 0.6 is 42.6 Å². The molecule has 1 saturated carbocycles. The number of carbonyl (C=O) groups excluding carboxylic acids is 2. The van der Waals surface area contributed by atoms with Crippen molar-refractivity contribution in [2.24, 2.45) is 22.4 Å². The Labute approximate surface area is 226 Å². The number of carbonyl (C=O) groups is 2. The molecule has 0 aliphatic heterocycles. The molecule has 0 aromatic carbocycles. The summed E-state index contributed by atoms with van der Waals surface area (Å²) in [5.41, 5.74) is -0.0962. The minimum atomic E-state index is -4.23. The van der Waals surface area contributed by atoms with Crippen LogP contribution in [0.1, 0.15) is 53.4 Å². The molecular weight excluding hydrogens is 612 g/mol. The third kappa shape index (κ3) is 13.1. The molecule has 1 aliphatic rings. The highest BCUT2D eigenvalue weighted by Gasteiger charge is 2.36. The predicted molar refractivity (Wildman–Crippen MR) is 144 cm³/mol. The topological polar surface area (TPSA) is 156 Å². The van der Waals surface area contributed by atoms with Crippen LogP contribution in [0.2, 0.25) is 0 Å². The van der Waals surface area contributed by atoms with Crippen LogP contribution in [0.3, 0.4) is 0 Å². The fraction of sp³-hybridized carbons (Fsp3) is 0.857. The molecule has 204 valence electrons. The zero-order valence-corrected chi connectivity index (χ0v) is 24.7. The first-order valence-electron chi connectivity index (χ1n) is 11.7. The van der Waals surface area contributed by atoms with Gasteiger partial charge in [0.25, 0.3) is 0 Å². The summed E-state index contributed by atoms with van der Waals surface area (Å²) in [5, 5.41) is 19.7. The molecule has 3 unspecified atom stereocenters. The van der Waals surface area contributed by atoms with E-state index in [-0.39, 0.29) is 32.1 Å². The maximum atomic E-state index is 12.2. The Morgan fingerprint density at radius 2 is 1.97 bits per heavy atom. The van der Waals surface area contributed by atoms with Gasteiger partial charge in [-0.2, -0.15) is 11.8 Å². The quantitative estimate of drug-likeness (QED) is 0.0611. The third-order valence-electron chi connectivity index (χ3n) is 5.76. The Morgan fingerprint density at radius 1 is 1.26 bits per heavy atom. The van der Waals surface area contributed by atoms with Crippen molar-refractivity contribution in [2.75, 3.05) is 37.8 Å². The number of rotatable bonds is 17. The molecule has 4 atom stereocenters. The Kier molecular flexibility index (Phi) is 15.3. The van der Waals surface area contributed by atoms with Crippen molar-refractivity contribution in [3.63, 3.8) is 0 Å². The van der Waals surface area contributed by atoms with E-state index in [2.05, 4.69) is 20.3 Å². The van der Waals surface area contributed by atoms with Crippen LogP contribution < -0.4 is 10.6 Å². The molecule has 0 radical (unpaired) electrons. The van der Waals surface area contributed by atoms with Gasteiger partial charge in [-0.15, -0.1) is 0 Å². The van der Waals surface area contributed by atoms with E-state index >= 15 is 0 Å². The molecular formula is C21H39IN3O8PS. The average molecular weight is 652 g/mol. The van der Waals surface area contributed by atoms with Gasteiger partial charge in [0, 0.05) is 36.6 Å². The number of aliphatic hydroxyl groups is 1. The lowest BCUT2D eigenvalue weighted by Crippen LogP contribution is -2.46. The number of aliphatic hydroxyl groups excluding tert-OH is 1. The van der Waals surface area contributed by atoms with Crippen LogP contribution in [-0.2, 0) is 26.4 Å². The van der Waals surface area contributed by atoms with Gasteiger partial charge in [0.05, 0.1) is 18.9 Å². The van der Waals surface area contributed by atoms with Gasteiger partial charge >= 0.3 is 7.82 Å². The molecule has 2 amide bonds. The van der Waals surface area contributed by atoms with E-state index in [9.17, 15) is 24.2 Å². The van der Waals surface area contributed by atoms with E-state index in [0.717, 1.165) is 30.1 Å². The molecule has 0 aromatic heterocycles. The number of hydrogen-bond acceptors (Lipinski definition) is 9. The van der Waals surface area contributed by atoms with Crippen LogP contribution in [0, 0.1) is 17.3 Å². The molecule has 4 N–H and O–H groups in total. The smallest absolute Gasteiger partial charge is 0.383 e. The molecule has 1 fully saturated rings. The lowest BCUT2D eigenvalue weighted by molar-refractivity contribution is -0.137. The van der Waals surface area contributed by atoms with Crippen molar-refractivity contribution >= 4 is 60.1 Å². The standard InChI is InChI=1S/C21H39IN3O8PS/c1-5-31-34(29,30)32-14-21(3,4)19(27)20(28)24-9-8-18(26)23-10-11-35-13-16-6-7-17(12-16)15(2)25-33-22/h16-17,19,27H,5-14H2,1-4H3,(H,23,26)(H,24,28)(H,29,30)/b25-15+/t16?,17?,19-/m0/s1. The zero-order chi connectivity index (χ0) is 26.5. The molecule has 1 aliphatic carbocycles. The Bertz CT molecular complexity index is 758. The van der Waals surface area contributed by atoms with Crippen molar-refractivity contribution in [1.82, 2.24) is 10.6 Å². The molecule has 35 heavy (non-hydrogen) atoms. The summed E-state index contributed by atoms with van der Waals surface area (Å²) in [6, 6.07) is 0. The molecule has 0 spiro atoms. The molecule has 0 bridgehead atoms. The SMILES string of the molecule is CCOP(=O)(O)OCC(C)(C)[C@@H](O)C(=O)NCCC(=O)NCCSCC1CCC(/C(C)=N/OI)C1. The second-order valence-electron chi connectivity index (χ2n) is 9.19. The fourth-order valence-corrected chi connectivity index (χ4v) is 5.87. The highest BCUT2D eigenvalue weighted by molar-refractivity contribution is 14.1. The molecule has 0 heterocycles. The number of nitrogens with zero attached hydrogens (tertiary/aromatic N) is 1. The maximum absolute atomic E-state index is 12.2. The van der Waals surface area contributed by atoms with Gasteiger partial charge in [0.1, 0.15) is 6.10 Å². The van der Waals surface area contributed by atoms with Crippen molar-refractivity contribution in [3.8, 4) is 0 Å². The lowest BCUT2D eigenvalue weighted by Gasteiger charge is -2.29. The number of halogens is 1. The highest BCUT2D eigenvalue weighted by Crippen LogP contribution is 2.44. The van der Waals surface area contributed by atoms with Crippen LogP contribution in [0.25, 0.3) is 0 Å².